The van der Waals surface area contributed by atoms with Gasteiger partial charge in [-0.2, -0.15) is 0 Å². The number of fused-ring (bicyclic) bond motifs is 3. The summed E-state index contributed by atoms with van der Waals surface area (Å²) in [6.45, 7) is 5.17. The molecule has 0 aliphatic heterocycles. The van der Waals surface area contributed by atoms with Crippen LogP contribution in [0.3, 0.4) is 0 Å². The van der Waals surface area contributed by atoms with Gasteiger partial charge in [0.25, 0.3) is 5.91 Å². The van der Waals surface area contributed by atoms with E-state index in [9.17, 15) is 29.7 Å². The number of aliphatic hydroxyl groups excluding tert-OH is 2. The highest BCUT2D eigenvalue weighted by molar-refractivity contribution is 6.24. The number of amides is 1. The molecule has 1 unspecified atom stereocenters. The van der Waals surface area contributed by atoms with Crippen molar-refractivity contribution in [3.63, 3.8) is 0 Å². The minimum atomic E-state index is -1.73. The van der Waals surface area contributed by atoms with Crippen molar-refractivity contribution in [3.8, 4) is 16.9 Å². The quantitative estimate of drug-likeness (QED) is 0.454. The molecule has 4 atom stereocenters. The van der Waals surface area contributed by atoms with E-state index in [1.54, 1.807) is 32.0 Å². The summed E-state index contributed by atoms with van der Waals surface area (Å²) in [5, 5.41) is 33.9. The lowest BCUT2D eigenvalue weighted by Gasteiger charge is -2.60. The Hall–Kier alpha value is -3.91. The fourth-order valence-corrected chi connectivity index (χ4v) is 7.48. The zero-order valence-electron chi connectivity index (χ0n) is 22.1. The van der Waals surface area contributed by atoms with Gasteiger partial charge in [-0.15, -0.1) is 0 Å². The fraction of sp³-hybridized carbons (Fsp3) is 0.367. The van der Waals surface area contributed by atoms with Gasteiger partial charge in [-0.3, -0.25) is 19.3 Å². The molecule has 0 fully saturated rings. The summed E-state index contributed by atoms with van der Waals surface area (Å²) >= 11 is 0. The van der Waals surface area contributed by atoms with E-state index in [2.05, 4.69) is 0 Å². The first-order valence-corrected chi connectivity index (χ1v) is 12.5. The fourth-order valence-electron chi connectivity index (χ4n) is 7.48. The Balaban J connectivity index is 1.82. The molecule has 0 saturated carbocycles. The third-order valence-electron chi connectivity index (χ3n) is 9.17. The molecule has 3 aliphatic carbocycles. The molecule has 8 nitrogen and oxygen atoms in total. The highest BCUT2D eigenvalue weighted by atomic mass is 16.3. The van der Waals surface area contributed by atoms with Crippen LogP contribution in [-0.4, -0.2) is 57.8 Å². The van der Waals surface area contributed by atoms with Crippen molar-refractivity contribution < 1.29 is 29.7 Å². The van der Waals surface area contributed by atoms with E-state index in [0.29, 0.717) is 12.0 Å². The lowest BCUT2D eigenvalue weighted by atomic mass is 9.43. The average Bonchev–Trinajstić information content (AvgIpc) is 2.81. The molecular formula is C30H32N2O6. The van der Waals surface area contributed by atoms with Crippen LogP contribution in [-0.2, 0) is 16.0 Å². The molecule has 2 aromatic rings. The van der Waals surface area contributed by atoms with E-state index in [-0.39, 0.29) is 23.3 Å². The van der Waals surface area contributed by atoms with Crippen molar-refractivity contribution in [2.75, 3.05) is 14.1 Å². The standard InChI is InChI=1S/C30H32N2O6/c1-28-13-17-16(15-9-7-6-8-10-15)11-12-18(33)19(17)22(34)21(28)26(37)30(3)25(36)20(27(31)38)23(35)24(32(4)5)29(30,2)14-28/h6-12,24,33,35,37H,13-14H2,1-5H3,(H2,31,38)/t24-,28?,29+,30+/m1/s1. The van der Waals surface area contributed by atoms with Gasteiger partial charge in [0.15, 0.2) is 11.6 Å². The number of Topliss-reactive ketones (excluding diaryl/α,β-unsaturated/α-hetero) is 2. The second-order valence-corrected chi connectivity index (χ2v) is 11.7. The van der Waals surface area contributed by atoms with Crippen molar-refractivity contribution in [1.82, 2.24) is 4.90 Å². The smallest absolute Gasteiger partial charge is 0.255 e. The van der Waals surface area contributed by atoms with E-state index in [0.717, 1.165) is 11.1 Å². The van der Waals surface area contributed by atoms with Crippen LogP contribution in [0.25, 0.3) is 11.1 Å². The number of aromatic hydroxyl groups is 1. The van der Waals surface area contributed by atoms with Gasteiger partial charge in [-0.25, -0.2) is 0 Å². The Morgan fingerprint density at radius 2 is 1.63 bits per heavy atom. The molecule has 0 bridgehead atoms. The molecular weight excluding hydrogens is 484 g/mol. The van der Waals surface area contributed by atoms with E-state index >= 15 is 0 Å². The van der Waals surface area contributed by atoms with Crippen molar-refractivity contribution >= 4 is 17.5 Å². The maximum Gasteiger partial charge on any atom is 0.255 e. The van der Waals surface area contributed by atoms with Crippen LogP contribution in [0, 0.1) is 16.2 Å². The number of carbonyl (C=O) groups is 3. The van der Waals surface area contributed by atoms with Gasteiger partial charge in [-0.05, 0) is 56.6 Å². The number of benzene rings is 2. The zero-order chi connectivity index (χ0) is 27.9. The first kappa shape index (κ1) is 25.7. The van der Waals surface area contributed by atoms with Gasteiger partial charge in [0.05, 0.1) is 17.0 Å². The largest absolute Gasteiger partial charge is 0.511 e. The summed E-state index contributed by atoms with van der Waals surface area (Å²) in [6.07, 6.45) is 0.537. The van der Waals surface area contributed by atoms with Crippen LogP contribution in [0.5, 0.6) is 5.75 Å². The van der Waals surface area contributed by atoms with Crippen molar-refractivity contribution in [1.29, 1.82) is 0 Å². The minimum Gasteiger partial charge on any atom is -0.511 e. The van der Waals surface area contributed by atoms with Gasteiger partial charge in [-0.1, -0.05) is 50.2 Å². The molecule has 5 N–H and O–H groups in total. The number of nitrogens with zero attached hydrogens (tertiary/aromatic N) is 1. The van der Waals surface area contributed by atoms with Crippen LogP contribution in [0.15, 0.2) is 65.1 Å². The minimum absolute atomic E-state index is 0.0431. The number of allylic oxidation sites excluding steroid dienone is 2. The first-order valence-electron chi connectivity index (χ1n) is 12.5. The lowest BCUT2D eigenvalue weighted by molar-refractivity contribution is -0.144. The number of primary amides is 1. The molecule has 38 heavy (non-hydrogen) atoms. The topological polar surface area (TPSA) is 141 Å². The molecule has 0 heterocycles. The maximum atomic E-state index is 14.1. The Bertz CT molecular complexity index is 1490. The number of ketones is 2. The highest BCUT2D eigenvalue weighted by Gasteiger charge is 2.69. The van der Waals surface area contributed by atoms with Crippen molar-refractivity contribution in [3.05, 3.63) is 76.3 Å². The molecule has 0 spiro atoms. The Morgan fingerprint density at radius 1 is 1.00 bits per heavy atom. The van der Waals surface area contributed by atoms with Crippen LogP contribution < -0.4 is 5.73 Å². The van der Waals surface area contributed by atoms with Crippen LogP contribution >= 0.6 is 0 Å². The van der Waals surface area contributed by atoms with Crippen LogP contribution in [0.4, 0.5) is 0 Å². The monoisotopic (exact) mass is 516 g/mol. The lowest BCUT2D eigenvalue weighted by Crippen LogP contribution is -2.65. The number of likely N-dealkylation sites (N-methyl/N-ethyl adjacent to an activating group) is 1. The predicted octanol–water partition coefficient (Wildman–Crippen LogP) is 3.84. The summed E-state index contributed by atoms with van der Waals surface area (Å²) < 4.78 is 0. The molecule has 1 amide bonds. The Kier molecular flexibility index (Phi) is 5.45. The van der Waals surface area contributed by atoms with Crippen molar-refractivity contribution in [2.24, 2.45) is 22.0 Å². The summed E-state index contributed by atoms with van der Waals surface area (Å²) in [5.41, 5.74) is 3.64. The molecule has 2 aromatic carbocycles. The Labute approximate surface area is 221 Å². The molecule has 198 valence electrons. The Morgan fingerprint density at radius 3 is 2.21 bits per heavy atom. The number of aliphatic hydroxyl groups is 2. The zero-order valence-corrected chi connectivity index (χ0v) is 22.1. The van der Waals surface area contributed by atoms with Crippen molar-refractivity contribution in [2.45, 2.75) is 39.7 Å². The van der Waals surface area contributed by atoms with Gasteiger partial charge in [0.2, 0.25) is 0 Å². The summed E-state index contributed by atoms with van der Waals surface area (Å²) in [5.74, 6) is -3.56. The second kappa shape index (κ2) is 8.04. The molecule has 0 aromatic heterocycles. The van der Waals surface area contributed by atoms with Crippen LogP contribution in [0.1, 0.15) is 43.1 Å². The molecule has 0 saturated heterocycles. The average molecular weight is 517 g/mol. The summed E-state index contributed by atoms with van der Waals surface area (Å²) in [4.78, 5) is 42.0. The van der Waals surface area contributed by atoms with E-state index in [1.807, 2.05) is 37.3 Å². The number of phenolic OH excluding ortho intramolecular Hbond substituents is 1. The number of rotatable bonds is 3. The normalized spacial score (nSPS) is 30.7. The van der Waals surface area contributed by atoms with E-state index in [1.165, 1.54) is 13.0 Å². The number of nitrogens with two attached hydrogens (primary N) is 1. The van der Waals surface area contributed by atoms with Gasteiger partial charge in [0, 0.05) is 16.4 Å². The number of phenols is 1. The molecule has 3 aliphatic rings. The SMILES string of the molecule is CN(C)[C@@H]1C(O)=C(C(N)=O)C(=O)[C@@]2(C)C(O)=C3C(=O)c4c(O)ccc(-c5ccccc5)c4CC3(C)C[C@@]12C. The summed E-state index contributed by atoms with van der Waals surface area (Å²) in [6, 6.07) is 11.9. The number of hydrogen-bond donors (Lipinski definition) is 4. The summed E-state index contributed by atoms with van der Waals surface area (Å²) in [7, 11) is 3.43. The highest BCUT2D eigenvalue weighted by Crippen LogP contribution is 2.66. The van der Waals surface area contributed by atoms with Gasteiger partial charge in [0.1, 0.15) is 22.8 Å². The first-order chi connectivity index (χ1) is 17.7. The van der Waals surface area contributed by atoms with Gasteiger partial charge < -0.3 is 21.1 Å². The van der Waals surface area contributed by atoms with Gasteiger partial charge >= 0.3 is 0 Å². The van der Waals surface area contributed by atoms with Crippen LogP contribution in [0.2, 0.25) is 0 Å². The van der Waals surface area contributed by atoms with E-state index in [4.69, 9.17) is 5.73 Å². The molecule has 0 radical (unpaired) electrons. The molecule has 5 rings (SSSR count). The second-order valence-electron chi connectivity index (χ2n) is 11.7. The third kappa shape index (κ3) is 3.04. The molecule has 8 heteroatoms. The number of carbonyl (C=O) groups excluding carboxylic acids is 3. The van der Waals surface area contributed by atoms with E-state index < -0.39 is 56.9 Å². The third-order valence-corrected chi connectivity index (χ3v) is 9.17. The predicted molar refractivity (Wildman–Crippen MR) is 142 cm³/mol. The number of hydrogen-bond acceptors (Lipinski definition) is 7. The maximum absolute atomic E-state index is 14.1.